The summed E-state index contributed by atoms with van der Waals surface area (Å²) in [5.74, 6) is 0. The second kappa shape index (κ2) is 6.34. The van der Waals surface area contributed by atoms with E-state index in [0.29, 0.717) is 18.7 Å². The molecule has 1 atom stereocenters. The van der Waals surface area contributed by atoms with E-state index in [0.717, 1.165) is 19.4 Å². The molecule has 0 bridgehead atoms. The number of likely N-dealkylation sites (tertiary alicyclic amines) is 1. The lowest BCUT2D eigenvalue weighted by Crippen LogP contribution is -2.30. The summed E-state index contributed by atoms with van der Waals surface area (Å²) < 4.78 is 2.25. The molecule has 1 aliphatic rings. The molecule has 0 radical (unpaired) electrons. The zero-order valence-electron chi connectivity index (χ0n) is 11.5. The van der Waals surface area contributed by atoms with Gasteiger partial charge >= 0.3 is 0 Å². The Kier molecular flexibility index (Phi) is 4.78. The summed E-state index contributed by atoms with van der Waals surface area (Å²) in [5.41, 5.74) is 1.31. The zero-order valence-corrected chi connectivity index (χ0v) is 11.5. The Morgan fingerprint density at radius 1 is 1.50 bits per heavy atom. The minimum atomic E-state index is 0.314. The van der Waals surface area contributed by atoms with Gasteiger partial charge in [-0.3, -0.25) is 4.90 Å². The molecule has 4 nitrogen and oxygen atoms in total. The molecule has 1 unspecified atom stereocenters. The van der Waals surface area contributed by atoms with Crippen LogP contribution in [-0.4, -0.2) is 38.8 Å². The van der Waals surface area contributed by atoms with Crippen molar-refractivity contribution >= 4 is 0 Å². The predicted molar refractivity (Wildman–Crippen MR) is 72.4 cm³/mol. The van der Waals surface area contributed by atoms with Crippen molar-refractivity contribution in [1.82, 2.24) is 14.5 Å². The van der Waals surface area contributed by atoms with Gasteiger partial charge in [-0.05, 0) is 46.1 Å². The molecular weight excluding hydrogens is 226 g/mol. The van der Waals surface area contributed by atoms with Crippen LogP contribution >= 0.6 is 0 Å². The highest BCUT2D eigenvalue weighted by molar-refractivity contribution is 5.01. The van der Waals surface area contributed by atoms with Crippen molar-refractivity contribution < 1.29 is 5.11 Å². The molecule has 1 aromatic heterocycles. The maximum atomic E-state index is 8.95. The number of hydrogen-bond donors (Lipinski definition) is 1. The average molecular weight is 251 g/mol. The normalized spacial score (nSPS) is 21.0. The SMILES string of the molecule is CC(C)n1cncc1CN1CCCC1CCCO. The van der Waals surface area contributed by atoms with Crippen LogP contribution < -0.4 is 0 Å². The monoisotopic (exact) mass is 251 g/mol. The van der Waals surface area contributed by atoms with Crippen LogP contribution in [0, 0.1) is 0 Å². The van der Waals surface area contributed by atoms with Crippen molar-refractivity contribution in [2.45, 2.75) is 58.2 Å². The van der Waals surface area contributed by atoms with E-state index in [1.165, 1.54) is 25.1 Å². The van der Waals surface area contributed by atoms with Gasteiger partial charge in [-0.15, -0.1) is 0 Å². The van der Waals surface area contributed by atoms with Gasteiger partial charge in [-0.2, -0.15) is 0 Å². The van der Waals surface area contributed by atoms with E-state index in [-0.39, 0.29) is 0 Å². The summed E-state index contributed by atoms with van der Waals surface area (Å²) in [6, 6.07) is 1.12. The van der Waals surface area contributed by atoms with Crippen molar-refractivity contribution in [1.29, 1.82) is 0 Å². The Labute approximate surface area is 110 Å². The molecule has 0 saturated carbocycles. The van der Waals surface area contributed by atoms with E-state index in [2.05, 4.69) is 28.3 Å². The molecule has 1 N–H and O–H groups in total. The molecule has 0 spiro atoms. The van der Waals surface area contributed by atoms with Gasteiger partial charge in [-0.25, -0.2) is 4.98 Å². The third-order valence-electron chi connectivity index (χ3n) is 3.86. The Balaban J connectivity index is 1.97. The quantitative estimate of drug-likeness (QED) is 0.842. The maximum absolute atomic E-state index is 8.95. The molecule has 1 aliphatic heterocycles. The first-order chi connectivity index (χ1) is 8.72. The van der Waals surface area contributed by atoms with Crippen molar-refractivity contribution in [3.05, 3.63) is 18.2 Å². The molecule has 4 heteroatoms. The van der Waals surface area contributed by atoms with E-state index >= 15 is 0 Å². The van der Waals surface area contributed by atoms with Crippen LogP contribution in [0.5, 0.6) is 0 Å². The van der Waals surface area contributed by atoms with Crippen LogP contribution in [-0.2, 0) is 6.54 Å². The van der Waals surface area contributed by atoms with Crippen molar-refractivity contribution in [3.63, 3.8) is 0 Å². The van der Waals surface area contributed by atoms with Gasteiger partial charge in [0.25, 0.3) is 0 Å². The van der Waals surface area contributed by atoms with Crippen molar-refractivity contribution in [3.8, 4) is 0 Å². The van der Waals surface area contributed by atoms with Gasteiger partial charge in [0.2, 0.25) is 0 Å². The molecule has 2 heterocycles. The number of nitrogens with zero attached hydrogens (tertiary/aromatic N) is 3. The summed E-state index contributed by atoms with van der Waals surface area (Å²) >= 11 is 0. The molecule has 18 heavy (non-hydrogen) atoms. The Bertz CT molecular complexity index is 362. The van der Waals surface area contributed by atoms with Crippen LogP contribution in [0.1, 0.15) is 51.3 Å². The molecule has 2 rings (SSSR count). The highest BCUT2D eigenvalue weighted by Crippen LogP contribution is 2.24. The molecule has 1 saturated heterocycles. The standard InChI is InChI=1S/C14H25N3O/c1-12(2)17-11-15-9-14(17)10-16-7-3-5-13(16)6-4-8-18/h9,11-13,18H,3-8,10H2,1-2H3. The first-order valence-corrected chi connectivity index (χ1v) is 7.08. The Hall–Kier alpha value is -0.870. The summed E-state index contributed by atoms with van der Waals surface area (Å²) in [6.45, 7) is 6.87. The molecular formula is C14H25N3O. The summed E-state index contributed by atoms with van der Waals surface area (Å²) in [5, 5.41) is 8.95. The number of aliphatic hydroxyl groups is 1. The third kappa shape index (κ3) is 3.12. The summed E-state index contributed by atoms with van der Waals surface area (Å²) in [4.78, 5) is 6.82. The topological polar surface area (TPSA) is 41.3 Å². The molecule has 1 fully saturated rings. The van der Waals surface area contributed by atoms with E-state index in [4.69, 9.17) is 5.11 Å². The van der Waals surface area contributed by atoms with E-state index in [9.17, 15) is 0 Å². The van der Waals surface area contributed by atoms with Crippen molar-refractivity contribution in [2.24, 2.45) is 0 Å². The van der Waals surface area contributed by atoms with Crippen LogP contribution in [0.4, 0.5) is 0 Å². The number of imidazole rings is 1. The average Bonchev–Trinajstić information content (AvgIpc) is 2.96. The van der Waals surface area contributed by atoms with Crippen LogP contribution in [0.2, 0.25) is 0 Å². The summed E-state index contributed by atoms with van der Waals surface area (Å²) in [7, 11) is 0. The second-order valence-electron chi connectivity index (χ2n) is 5.52. The Morgan fingerprint density at radius 3 is 3.06 bits per heavy atom. The van der Waals surface area contributed by atoms with Gasteiger partial charge in [0.15, 0.2) is 0 Å². The number of aliphatic hydroxyl groups excluding tert-OH is 1. The number of aromatic nitrogens is 2. The van der Waals surface area contributed by atoms with Crippen molar-refractivity contribution in [2.75, 3.05) is 13.2 Å². The first-order valence-electron chi connectivity index (χ1n) is 7.08. The molecule has 1 aromatic rings. The lowest BCUT2D eigenvalue weighted by atomic mass is 10.1. The van der Waals surface area contributed by atoms with Gasteiger partial charge in [0.05, 0.1) is 12.0 Å². The fourth-order valence-electron chi connectivity index (χ4n) is 2.88. The van der Waals surface area contributed by atoms with Gasteiger partial charge in [0.1, 0.15) is 0 Å². The molecule has 0 amide bonds. The zero-order chi connectivity index (χ0) is 13.0. The highest BCUT2D eigenvalue weighted by atomic mass is 16.2. The second-order valence-corrected chi connectivity index (χ2v) is 5.52. The van der Waals surface area contributed by atoms with E-state index in [1.807, 2.05) is 12.5 Å². The van der Waals surface area contributed by atoms with E-state index < -0.39 is 0 Å². The van der Waals surface area contributed by atoms with Crippen LogP contribution in [0.15, 0.2) is 12.5 Å². The van der Waals surface area contributed by atoms with Gasteiger partial charge < -0.3 is 9.67 Å². The van der Waals surface area contributed by atoms with E-state index in [1.54, 1.807) is 0 Å². The Morgan fingerprint density at radius 2 is 2.33 bits per heavy atom. The molecule has 0 aliphatic carbocycles. The number of rotatable bonds is 6. The fourth-order valence-corrected chi connectivity index (χ4v) is 2.88. The predicted octanol–water partition coefficient (Wildman–Crippen LogP) is 2.20. The first kappa shape index (κ1) is 13.6. The smallest absolute Gasteiger partial charge is 0.0951 e. The lowest BCUT2D eigenvalue weighted by molar-refractivity contribution is 0.206. The van der Waals surface area contributed by atoms with Gasteiger partial charge in [-0.1, -0.05) is 0 Å². The molecule has 102 valence electrons. The van der Waals surface area contributed by atoms with Crippen LogP contribution in [0.3, 0.4) is 0 Å². The summed E-state index contributed by atoms with van der Waals surface area (Å²) in [6.07, 6.45) is 8.51. The minimum Gasteiger partial charge on any atom is -0.396 e. The molecule has 0 aromatic carbocycles. The highest BCUT2D eigenvalue weighted by Gasteiger charge is 2.24. The largest absolute Gasteiger partial charge is 0.396 e. The lowest BCUT2D eigenvalue weighted by Gasteiger charge is -2.25. The minimum absolute atomic E-state index is 0.314. The fraction of sp³-hybridized carbons (Fsp3) is 0.786. The third-order valence-corrected chi connectivity index (χ3v) is 3.86. The maximum Gasteiger partial charge on any atom is 0.0951 e. The van der Waals surface area contributed by atoms with Crippen LogP contribution in [0.25, 0.3) is 0 Å². The van der Waals surface area contributed by atoms with Gasteiger partial charge in [0, 0.05) is 31.4 Å². The number of hydrogen-bond acceptors (Lipinski definition) is 3.